The van der Waals surface area contributed by atoms with E-state index in [-0.39, 0.29) is 0 Å². The highest BCUT2D eigenvalue weighted by atomic mass is 35.5. The van der Waals surface area contributed by atoms with Crippen molar-refractivity contribution < 1.29 is 0 Å². The molecule has 0 unspecified atom stereocenters. The number of hydrazone groups is 1. The number of hydrogen-bond donors (Lipinski definition) is 1. The van der Waals surface area contributed by atoms with Gasteiger partial charge in [0.2, 0.25) is 0 Å². The molecule has 25 heavy (non-hydrogen) atoms. The summed E-state index contributed by atoms with van der Waals surface area (Å²) in [5.41, 5.74) is 5.84. The molecule has 1 N–H and O–H groups in total. The fourth-order valence-corrected chi connectivity index (χ4v) is 2.52. The number of rotatable bonds is 6. The van der Waals surface area contributed by atoms with Crippen LogP contribution in [0.2, 0.25) is 10.0 Å². The highest BCUT2D eigenvalue weighted by Crippen LogP contribution is 2.24. The molecule has 0 aliphatic heterocycles. The highest BCUT2D eigenvalue weighted by Gasteiger charge is 2.07. The number of hydrogen-bond acceptors (Lipinski definition) is 5. The average molecular weight is 375 g/mol. The summed E-state index contributed by atoms with van der Waals surface area (Å²) in [6, 6.07) is 13.4. The number of aryl methyl sites for hydroxylation is 1. The number of tetrazole rings is 1. The minimum absolute atomic E-state index is 0.473. The van der Waals surface area contributed by atoms with Gasteiger partial charge in [0.15, 0.2) is 5.82 Å². The van der Waals surface area contributed by atoms with E-state index in [0.717, 1.165) is 17.8 Å². The van der Waals surface area contributed by atoms with Crippen LogP contribution in [0.5, 0.6) is 0 Å². The van der Waals surface area contributed by atoms with Gasteiger partial charge in [-0.1, -0.05) is 42.3 Å². The number of nitrogens with one attached hydrogen (secondary N) is 1. The first kappa shape index (κ1) is 17.4. The zero-order valence-corrected chi connectivity index (χ0v) is 15.0. The summed E-state index contributed by atoms with van der Waals surface area (Å²) < 4.78 is 1.70. The van der Waals surface area contributed by atoms with Crippen molar-refractivity contribution >= 4 is 35.1 Å². The van der Waals surface area contributed by atoms with Crippen molar-refractivity contribution in [3.63, 3.8) is 0 Å². The van der Waals surface area contributed by atoms with Crippen LogP contribution in [0.15, 0.2) is 47.6 Å². The SMILES string of the molecule is CCc1ccc(-n2nnnc2CC=NNc2ccc(Cl)c(Cl)c2)cc1. The van der Waals surface area contributed by atoms with E-state index >= 15 is 0 Å². The maximum Gasteiger partial charge on any atom is 0.162 e. The zero-order valence-electron chi connectivity index (χ0n) is 13.5. The largest absolute Gasteiger partial charge is 0.279 e. The van der Waals surface area contributed by atoms with Crippen molar-refractivity contribution in [1.82, 2.24) is 20.2 Å². The Morgan fingerprint density at radius 2 is 1.92 bits per heavy atom. The lowest BCUT2D eigenvalue weighted by Crippen LogP contribution is -2.04. The van der Waals surface area contributed by atoms with Crippen molar-refractivity contribution in [2.24, 2.45) is 5.10 Å². The molecule has 0 atom stereocenters. The second-order valence-electron chi connectivity index (χ2n) is 5.28. The number of nitrogens with zero attached hydrogens (tertiary/aromatic N) is 5. The lowest BCUT2D eigenvalue weighted by atomic mass is 10.1. The van der Waals surface area contributed by atoms with Crippen molar-refractivity contribution in [2.45, 2.75) is 19.8 Å². The van der Waals surface area contributed by atoms with Crippen LogP contribution in [0.3, 0.4) is 0 Å². The molecule has 0 saturated heterocycles. The number of halogens is 2. The van der Waals surface area contributed by atoms with E-state index in [1.54, 1.807) is 29.1 Å². The molecule has 8 heteroatoms. The first-order chi connectivity index (χ1) is 12.2. The lowest BCUT2D eigenvalue weighted by Gasteiger charge is -2.04. The van der Waals surface area contributed by atoms with E-state index in [2.05, 4.69) is 45.1 Å². The van der Waals surface area contributed by atoms with Crippen LogP contribution >= 0.6 is 23.2 Å². The second kappa shape index (κ2) is 8.09. The summed E-state index contributed by atoms with van der Waals surface area (Å²) in [5, 5.41) is 17.0. The zero-order chi connectivity index (χ0) is 17.6. The molecule has 0 aliphatic rings. The molecule has 0 bridgehead atoms. The molecule has 0 saturated carbocycles. The predicted octanol–water partition coefficient (Wildman–Crippen LogP) is 4.17. The summed E-state index contributed by atoms with van der Waals surface area (Å²) >= 11 is 11.8. The van der Waals surface area contributed by atoms with Crippen molar-refractivity contribution in [3.8, 4) is 5.69 Å². The standard InChI is InChI=1S/C17H16Cl2N6/c1-2-12-3-6-14(7-4-12)25-17(22-23-24-25)9-10-20-21-13-5-8-15(18)16(19)11-13/h3-8,10-11,21H,2,9H2,1H3. The number of benzene rings is 2. The highest BCUT2D eigenvalue weighted by molar-refractivity contribution is 6.42. The first-order valence-electron chi connectivity index (χ1n) is 7.76. The fourth-order valence-electron chi connectivity index (χ4n) is 2.22. The molecule has 128 valence electrons. The van der Waals surface area contributed by atoms with Gasteiger partial charge in [-0.3, -0.25) is 5.43 Å². The van der Waals surface area contributed by atoms with Gasteiger partial charge >= 0.3 is 0 Å². The van der Waals surface area contributed by atoms with Gasteiger partial charge in [-0.05, 0) is 52.7 Å². The van der Waals surface area contributed by atoms with Crippen LogP contribution < -0.4 is 5.43 Å². The Hall–Kier alpha value is -2.44. The summed E-state index contributed by atoms with van der Waals surface area (Å²) in [5.74, 6) is 0.698. The fraction of sp³-hybridized carbons (Fsp3) is 0.176. The van der Waals surface area contributed by atoms with Crippen molar-refractivity contribution in [1.29, 1.82) is 0 Å². The molecule has 3 aromatic rings. The Bertz CT molecular complexity index is 873. The van der Waals surface area contributed by atoms with E-state index in [4.69, 9.17) is 23.2 Å². The maximum atomic E-state index is 5.96. The predicted molar refractivity (Wildman–Crippen MR) is 101 cm³/mol. The number of anilines is 1. The van der Waals surface area contributed by atoms with Gasteiger partial charge in [-0.2, -0.15) is 9.78 Å². The van der Waals surface area contributed by atoms with E-state index in [1.807, 2.05) is 12.1 Å². The Morgan fingerprint density at radius 3 is 2.64 bits per heavy atom. The molecule has 0 radical (unpaired) electrons. The normalized spacial score (nSPS) is 11.2. The quantitative estimate of drug-likeness (QED) is 0.519. The van der Waals surface area contributed by atoms with Crippen LogP contribution in [0.25, 0.3) is 5.69 Å². The summed E-state index contributed by atoms with van der Waals surface area (Å²) in [6.07, 6.45) is 3.18. The first-order valence-corrected chi connectivity index (χ1v) is 8.52. The Balaban J connectivity index is 1.65. The second-order valence-corrected chi connectivity index (χ2v) is 6.10. The maximum absolute atomic E-state index is 5.96. The Morgan fingerprint density at radius 1 is 1.12 bits per heavy atom. The molecule has 0 spiro atoms. The molecule has 6 nitrogen and oxygen atoms in total. The van der Waals surface area contributed by atoms with Gasteiger partial charge < -0.3 is 0 Å². The van der Waals surface area contributed by atoms with E-state index in [0.29, 0.717) is 22.3 Å². The van der Waals surface area contributed by atoms with Gasteiger partial charge in [0, 0.05) is 12.6 Å². The minimum atomic E-state index is 0.473. The van der Waals surface area contributed by atoms with Crippen molar-refractivity contribution in [2.75, 3.05) is 5.43 Å². The van der Waals surface area contributed by atoms with Crippen LogP contribution in [0.1, 0.15) is 18.3 Å². The van der Waals surface area contributed by atoms with Gasteiger partial charge in [0.1, 0.15) is 0 Å². The van der Waals surface area contributed by atoms with Gasteiger partial charge in [0.25, 0.3) is 0 Å². The Kier molecular flexibility index (Phi) is 5.63. The lowest BCUT2D eigenvalue weighted by molar-refractivity contribution is 0.775. The molecular formula is C17H16Cl2N6. The molecule has 0 fully saturated rings. The number of aromatic nitrogens is 4. The summed E-state index contributed by atoms with van der Waals surface area (Å²) in [4.78, 5) is 0. The molecule has 1 heterocycles. The topological polar surface area (TPSA) is 68.0 Å². The summed E-state index contributed by atoms with van der Waals surface area (Å²) in [7, 11) is 0. The summed E-state index contributed by atoms with van der Waals surface area (Å²) in [6.45, 7) is 2.12. The molecule has 0 amide bonds. The van der Waals surface area contributed by atoms with Gasteiger partial charge in [0.05, 0.1) is 21.4 Å². The monoisotopic (exact) mass is 374 g/mol. The third-order valence-corrected chi connectivity index (χ3v) is 4.34. The van der Waals surface area contributed by atoms with E-state index in [1.165, 1.54) is 5.56 Å². The minimum Gasteiger partial charge on any atom is -0.279 e. The molecule has 0 aliphatic carbocycles. The van der Waals surface area contributed by atoms with E-state index < -0.39 is 0 Å². The molecular weight excluding hydrogens is 359 g/mol. The third kappa shape index (κ3) is 4.35. The van der Waals surface area contributed by atoms with Crippen LogP contribution in [0, 0.1) is 0 Å². The van der Waals surface area contributed by atoms with Crippen LogP contribution in [-0.4, -0.2) is 26.4 Å². The average Bonchev–Trinajstić information content (AvgIpc) is 3.10. The molecule has 1 aromatic heterocycles. The Labute approximate surface area is 155 Å². The smallest absolute Gasteiger partial charge is 0.162 e. The third-order valence-electron chi connectivity index (χ3n) is 3.60. The molecule has 2 aromatic carbocycles. The van der Waals surface area contributed by atoms with Crippen LogP contribution in [-0.2, 0) is 12.8 Å². The van der Waals surface area contributed by atoms with Crippen LogP contribution in [0.4, 0.5) is 5.69 Å². The van der Waals surface area contributed by atoms with E-state index in [9.17, 15) is 0 Å². The van der Waals surface area contributed by atoms with Gasteiger partial charge in [-0.15, -0.1) is 5.10 Å². The molecule has 3 rings (SSSR count). The van der Waals surface area contributed by atoms with Crippen molar-refractivity contribution in [3.05, 3.63) is 63.9 Å². The van der Waals surface area contributed by atoms with Gasteiger partial charge in [-0.25, -0.2) is 0 Å².